The number of carbonyl (C=O) groups is 3. The van der Waals surface area contributed by atoms with Crippen LogP contribution in [0.3, 0.4) is 0 Å². The maximum atomic E-state index is 14.5. The Morgan fingerprint density at radius 3 is 1.07 bits per heavy atom. The van der Waals surface area contributed by atoms with Crippen molar-refractivity contribution in [1.82, 2.24) is 0 Å². The zero-order chi connectivity index (χ0) is 31.6. The first kappa shape index (κ1) is 31.4. The quantitative estimate of drug-likeness (QED) is 0.104. The summed E-state index contributed by atoms with van der Waals surface area (Å²) < 4.78 is 9.48. The Bertz CT molecular complexity index is 1640. The van der Waals surface area contributed by atoms with Gasteiger partial charge in [-0.05, 0) is 74.2 Å². The molecule has 0 radical (unpaired) electrons. The predicted octanol–water partition coefficient (Wildman–Crippen LogP) is 8.95. The first-order chi connectivity index (χ1) is 20.8. The third-order valence-electron chi connectivity index (χ3n) is 7.01. The SMILES string of the molecule is CC(C)(Br)C(=O)Oc1ccc(C2=C(c3ccccc3)C(=O)C(c3ccccc3)=C2c2ccc(OC(=O)C(C)(C)Br)cc2)cc1. The number of ketones is 1. The summed E-state index contributed by atoms with van der Waals surface area (Å²) in [5.41, 5.74) is 5.80. The summed E-state index contributed by atoms with van der Waals surface area (Å²) in [5, 5.41) is 0. The molecule has 0 aliphatic heterocycles. The van der Waals surface area contributed by atoms with Crippen LogP contribution in [0.5, 0.6) is 11.5 Å². The first-order valence-corrected chi connectivity index (χ1v) is 15.6. The van der Waals surface area contributed by atoms with Crippen molar-refractivity contribution >= 4 is 71.9 Å². The van der Waals surface area contributed by atoms with Crippen molar-refractivity contribution in [3.05, 3.63) is 131 Å². The van der Waals surface area contributed by atoms with Crippen LogP contribution in [0, 0.1) is 0 Å². The minimum atomic E-state index is -0.836. The molecule has 0 saturated carbocycles. The Kier molecular flexibility index (Phi) is 8.91. The number of allylic oxidation sites excluding steroid dienone is 4. The predicted molar refractivity (Wildman–Crippen MR) is 182 cm³/mol. The van der Waals surface area contributed by atoms with Crippen LogP contribution in [0.2, 0.25) is 0 Å². The molecule has 0 unspecified atom stereocenters. The van der Waals surface area contributed by atoms with E-state index in [2.05, 4.69) is 31.9 Å². The maximum absolute atomic E-state index is 14.5. The minimum Gasteiger partial charge on any atom is -0.426 e. The van der Waals surface area contributed by atoms with E-state index < -0.39 is 20.6 Å². The number of benzene rings is 4. The number of halogens is 2. The van der Waals surface area contributed by atoms with Gasteiger partial charge in [0.1, 0.15) is 20.1 Å². The molecule has 222 valence electrons. The summed E-state index contributed by atoms with van der Waals surface area (Å²) >= 11 is 6.69. The van der Waals surface area contributed by atoms with Gasteiger partial charge in [0.25, 0.3) is 0 Å². The van der Waals surface area contributed by atoms with Crippen LogP contribution in [0.25, 0.3) is 22.3 Å². The van der Waals surface area contributed by atoms with Gasteiger partial charge in [0.15, 0.2) is 5.78 Å². The Labute approximate surface area is 273 Å². The lowest BCUT2D eigenvalue weighted by molar-refractivity contribution is -0.136. The van der Waals surface area contributed by atoms with Crippen molar-refractivity contribution in [2.75, 3.05) is 0 Å². The fourth-order valence-electron chi connectivity index (χ4n) is 4.78. The first-order valence-electron chi connectivity index (χ1n) is 14.0. The molecule has 1 aliphatic carbocycles. The van der Waals surface area contributed by atoms with E-state index in [1.54, 1.807) is 52.0 Å². The molecule has 0 saturated heterocycles. The average Bonchev–Trinajstić information content (AvgIpc) is 3.30. The smallest absolute Gasteiger partial charge is 0.327 e. The minimum absolute atomic E-state index is 0.0968. The number of alkyl halides is 2. The molecule has 0 atom stereocenters. The van der Waals surface area contributed by atoms with Gasteiger partial charge in [0, 0.05) is 22.3 Å². The molecule has 5 nitrogen and oxygen atoms in total. The summed E-state index contributed by atoms with van der Waals surface area (Å²) in [6, 6.07) is 33.5. The highest BCUT2D eigenvalue weighted by molar-refractivity contribution is 9.10. The number of hydrogen-bond donors (Lipinski definition) is 0. The number of ether oxygens (including phenoxy) is 2. The molecule has 7 heteroatoms. The van der Waals surface area contributed by atoms with Crippen LogP contribution < -0.4 is 9.47 Å². The lowest BCUT2D eigenvalue weighted by atomic mass is 9.89. The van der Waals surface area contributed by atoms with Gasteiger partial charge < -0.3 is 9.47 Å². The summed E-state index contributed by atoms with van der Waals surface area (Å²) in [4.78, 5) is 39.4. The van der Waals surface area contributed by atoms with Crippen LogP contribution in [0.1, 0.15) is 49.9 Å². The van der Waals surface area contributed by atoms with E-state index in [1.165, 1.54) is 0 Å². The summed E-state index contributed by atoms with van der Waals surface area (Å²) in [6.45, 7) is 6.89. The molecule has 4 aromatic rings. The second kappa shape index (κ2) is 12.5. The molecule has 44 heavy (non-hydrogen) atoms. The van der Waals surface area contributed by atoms with Gasteiger partial charge in [-0.1, -0.05) is 117 Å². The Balaban J connectivity index is 1.68. The van der Waals surface area contributed by atoms with Crippen LogP contribution >= 0.6 is 31.9 Å². The van der Waals surface area contributed by atoms with Crippen LogP contribution in [-0.2, 0) is 14.4 Å². The van der Waals surface area contributed by atoms with Gasteiger partial charge in [-0.15, -0.1) is 0 Å². The van der Waals surface area contributed by atoms with Crippen molar-refractivity contribution in [2.45, 2.75) is 36.3 Å². The van der Waals surface area contributed by atoms with E-state index in [0.717, 1.165) is 33.4 Å². The molecule has 0 N–H and O–H groups in total. The van der Waals surface area contributed by atoms with Crippen LogP contribution in [0.4, 0.5) is 0 Å². The molecule has 0 amide bonds. The number of esters is 2. The van der Waals surface area contributed by atoms with E-state index in [4.69, 9.17) is 9.47 Å². The van der Waals surface area contributed by atoms with Crippen molar-refractivity contribution in [2.24, 2.45) is 0 Å². The third kappa shape index (κ3) is 6.69. The molecular weight excluding hydrogens is 684 g/mol. The monoisotopic (exact) mass is 712 g/mol. The van der Waals surface area contributed by atoms with E-state index >= 15 is 0 Å². The summed E-state index contributed by atoms with van der Waals surface area (Å²) in [6.07, 6.45) is 0. The largest absolute Gasteiger partial charge is 0.426 e. The van der Waals surface area contributed by atoms with E-state index in [-0.39, 0.29) is 5.78 Å². The maximum Gasteiger partial charge on any atom is 0.327 e. The van der Waals surface area contributed by atoms with Crippen LogP contribution in [0.15, 0.2) is 109 Å². The molecule has 0 heterocycles. The number of rotatable bonds is 8. The van der Waals surface area contributed by atoms with E-state index in [0.29, 0.717) is 22.6 Å². The molecule has 5 rings (SSSR count). The van der Waals surface area contributed by atoms with Gasteiger partial charge >= 0.3 is 11.9 Å². The van der Waals surface area contributed by atoms with Crippen LogP contribution in [-0.4, -0.2) is 26.4 Å². The lowest BCUT2D eigenvalue weighted by Gasteiger charge is -2.17. The Hall–Kier alpha value is -4.07. The van der Waals surface area contributed by atoms with Gasteiger partial charge in [0.2, 0.25) is 0 Å². The molecule has 1 aliphatic rings. The fraction of sp³-hybridized carbons (Fsp3) is 0.162. The molecule has 0 aromatic heterocycles. The van der Waals surface area contributed by atoms with E-state index in [9.17, 15) is 14.4 Å². The molecule has 4 aromatic carbocycles. The highest BCUT2D eigenvalue weighted by atomic mass is 79.9. The van der Waals surface area contributed by atoms with Crippen molar-refractivity contribution in [3.63, 3.8) is 0 Å². The second-order valence-electron chi connectivity index (χ2n) is 11.3. The molecule has 0 bridgehead atoms. The number of Topliss-reactive ketones (excluding diaryl/α,β-unsaturated/α-hetero) is 1. The van der Waals surface area contributed by atoms with Gasteiger partial charge in [-0.25, -0.2) is 0 Å². The van der Waals surface area contributed by atoms with Crippen molar-refractivity contribution < 1.29 is 23.9 Å². The molecular formula is C37H30Br2O5. The summed E-state index contributed by atoms with van der Waals surface area (Å²) in [7, 11) is 0. The zero-order valence-electron chi connectivity index (χ0n) is 24.7. The lowest BCUT2D eigenvalue weighted by Crippen LogP contribution is -2.29. The third-order valence-corrected chi connectivity index (χ3v) is 7.65. The number of carbonyl (C=O) groups excluding carboxylic acids is 3. The highest BCUT2D eigenvalue weighted by Gasteiger charge is 2.36. The normalized spacial score (nSPS) is 13.7. The second-order valence-corrected chi connectivity index (χ2v) is 15.3. The fourth-order valence-corrected chi connectivity index (χ4v) is 4.94. The topological polar surface area (TPSA) is 69.7 Å². The average molecular weight is 714 g/mol. The summed E-state index contributed by atoms with van der Waals surface area (Å²) in [5.74, 6) is -0.136. The number of hydrogen-bond acceptors (Lipinski definition) is 5. The van der Waals surface area contributed by atoms with Crippen molar-refractivity contribution in [3.8, 4) is 11.5 Å². The van der Waals surface area contributed by atoms with Gasteiger partial charge in [-0.2, -0.15) is 0 Å². The van der Waals surface area contributed by atoms with E-state index in [1.807, 2.05) is 84.9 Å². The Morgan fingerprint density at radius 2 is 0.773 bits per heavy atom. The zero-order valence-corrected chi connectivity index (χ0v) is 27.9. The molecule has 0 spiro atoms. The standard InChI is InChI=1S/C37H30Br2O5/c1-36(2,38)34(41)43-27-19-15-25(16-20-27)29-30(26-17-21-28(22-18-26)44-35(42)37(3,4)39)32(24-13-9-6-10-14-24)33(40)31(29)23-11-7-5-8-12-23/h5-22H,1-4H3. The Morgan fingerprint density at radius 1 is 0.477 bits per heavy atom. The molecule has 0 fully saturated rings. The van der Waals surface area contributed by atoms with Gasteiger partial charge in [-0.3, -0.25) is 14.4 Å². The highest BCUT2D eigenvalue weighted by Crippen LogP contribution is 2.50. The van der Waals surface area contributed by atoms with Crippen molar-refractivity contribution in [1.29, 1.82) is 0 Å². The van der Waals surface area contributed by atoms with Gasteiger partial charge in [0.05, 0.1) is 0 Å².